The standard InChI is InChI=1S/C19H19NO3/c1-2-13(9-10-21)20-19(23)12-7-8-15-14-5-3-4-6-16(14)18(22)17(15)11-12/h3-8,11,13,21H,2,9-10H2,1H3,(H,20,23). The fourth-order valence-electron chi connectivity index (χ4n) is 2.97. The zero-order chi connectivity index (χ0) is 16.4. The zero-order valence-electron chi connectivity index (χ0n) is 13.0. The minimum absolute atomic E-state index is 0.0346. The fourth-order valence-corrected chi connectivity index (χ4v) is 2.97. The fraction of sp³-hybridized carbons (Fsp3) is 0.263. The molecule has 0 aliphatic heterocycles. The molecule has 0 aromatic heterocycles. The molecule has 2 aromatic rings. The molecule has 0 radical (unpaired) electrons. The maximum absolute atomic E-state index is 12.5. The van der Waals surface area contributed by atoms with Crippen LogP contribution in [0.15, 0.2) is 42.5 Å². The van der Waals surface area contributed by atoms with Gasteiger partial charge in [0, 0.05) is 29.3 Å². The largest absolute Gasteiger partial charge is 0.396 e. The lowest BCUT2D eigenvalue weighted by Gasteiger charge is -2.16. The second-order valence-corrected chi connectivity index (χ2v) is 5.73. The number of amides is 1. The Morgan fingerprint density at radius 3 is 2.48 bits per heavy atom. The maximum atomic E-state index is 12.5. The van der Waals surface area contributed by atoms with Crippen LogP contribution in [-0.4, -0.2) is 29.4 Å². The maximum Gasteiger partial charge on any atom is 0.251 e. The minimum Gasteiger partial charge on any atom is -0.396 e. The monoisotopic (exact) mass is 309 g/mol. The predicted molar refractivity (Wildman–Crippen MR) is 88.6 cm³/mol. The van der Waals surface area contributed by atoms with E-state index in [1.54, 1.807) is 12.1 Å². The number of carbonyl (C=O) groups excluding carboxylic acids is 2. The van der Waals surface area contributed by atoms with Crippen LogP contribution in [0, 0.1) is 0 Å². The van der Waals surface area contributed by atoms with Crippen LogP contribution in [0.1, 0.15) is 46.0 Å². The van der Waals surface area contributed by atoms with Gasteiger partial charge in [0.1, 0.15) is 0 Å². The number of carbonyl (C=O) groups is 2. The normalized spacial score (nSPS) is 13.4. The highest BCUT2D eigenvalue weighted by Gasteiger charge is 2.27. The van der Waals surface area contributed by atoms with Gasteiger partial charge in [-0.15, -0.1) is 0 Å². The molecule has 0 fully saturated rings. The average Bonchev–Trinajstić information content (AvgIpc) is 2.87. The summed E-state index contributed by atoms with van der Waals surface area (Å²) in [5.74, 6) is -0.246. The van der Waals surface area contributed by atoms with Gasteiger partial charge in [-0.05, 0) is 36.1 Å². The predicted octanol–water partition coefficient (Wildman–Crippen LogP) is 2.79. The molecule has 0 saturated heterocycles. The summed E-state index contributed by atoms with van der Waals surface area (Å²) in [6.07, 6.45) is 1.28. The second kappa shape index (κ2) is 6.34. The van der Waals surface area contributed by atoms with Crippen molar-refractivity contribution >= 4 is 11.7 Å². The lowest BCUT2D eigenvalue weighted by atomic mass is 10.0. The van der Waals surface area contributed by atoms with Gasteiger partial charge in [0.05, 0.1) is 0 Å². The third kappa shape index (κ3) is 2.78. The van der Waals surface area contributed by atoms with Gasteiger partial charge in [-0.25, -0.2) is 0 Å². The number of rotatable bonds is 5. The van der Waals surface area contributed by atoms with Crippen molar-refractivity contribution in [3.63, 3.8) is 0 Å². The molecular formula is C19H19NO3. The van der Waals surface area contributed by atoms with Gasteiger partial charge in [0.2, 0.25) is 0 Å². The van der Waals surface area contributed by atoms with Crippen LogP contribution < -0.4 is 5.32 Å². The molecule has 1 atom stereocenters. The molecule has 1 aliphatic rings. The van der Waals surface area contributed by atoms with Crippen LogP contribution in [0.25, 0.3) is 11.1 Å². The van der Waals surface area contributed by atoms with Gasteiger partial charge in [-0.3, -0.25) is 9.59 Å². The molecule has 23 heavy (non-hydrogen) atoms. The molecular weight excluding hydrogens is 290 g/mol. The number of nitrogens with one attached hydrogen (secondary N) is 1. The molecule has 4 heteroatoms. The van der Waals surface area contributed by atoms with Crippen LogP contribution in [-0.2, 0) is 0 Å². The van der Waals surface area contributed by atoms with Crippen molar-refractivity contribution < 1.29 is 14.7 Å². The second-order valence-electron chi connectivity index (χ2n) is 5.73. The van der Waals surface area contributed by atoms with E-state index in [4.69, 9.17) is 5.11 Å². The number of fused-ring (bicyclic) bond motifs is 3. The number of aliphatic hydroxyl groups is 1. The molecule has 1 unspecified atom stereocenters. The van der Waals surface area contributed by atoms with E-state index in [1.807, 2.05) is 37.3 Å². The summed E-state index contributed by atoms with van der Waals surface area (Å²) >= 11 is 0. The van der Waals surface area contributed by atoms with Gasteiger partial charge in [0.25, 0.3) is 5.91 Å². The Morgan fingerprint density at radius 1 is 1.09 bits per heavy atom. The van der Waals surface area contributed by atoms with E-state index in [1.165, 1.54) is 0 Å². The van der Waals surface area contributed by atoms with Crippen molar-refractivity contribution in [1.82, 2.24) is 5.32 Å². The van der Waals surface area contributed by atoms with E-state index < -0.39 is 0 Å². The van der Waals surface area contributed by atoms with Gasteiger partial charge >= 0.3 is 0 Å². The molecule has 1 amide bonds. The molecule has 1 aliphatic carbocycles. The number of hydrogen-bond acceptors (Lipinski definition) is 3. The Labute approximate surface area is 135 Å². The molecule has 3 rings (SSSR count). The highest BCUT2D eigenvalue weighted by molar-refractivity contribution is 6.22. The molecule has 2 N–H and O–H groups in total. The SMILES string of the molecule is CCC(CCO)NC(=O)c1ccc2c(c1)C(=O)c1ccccc1-2. The van der Waals surface area contributed by atoms with Crippen LogP contribution in [0.4, 0.5) is 0 Å². The van der Waals surface area contributed by atoms with E-state index in [2.05, 4.69) is 5.32 Å². The molecule has 0 heterocycles. The Balaban J connectivity index is 1.88. The molecule has 118 valence electrons. The molecule has 0 bridgehead atoms. The number of aliphatic hydroxyl groups excluding tert-OH is 1. The number of hydrogen-bond donors (Lipinski definition) is 2. The average molecular weight is 309 g/mol. The zero-order valence-corrected chi connectivity index (χ0v) is 13.0. The summed E-state index contributed by atoms with van der Waals surface area (Å²) in [6, 6.07) is 12.7. The van der Waals surface area contributed by atoms with Crippen molar-refractivity contribution in [3.8, 4) is 11.1 Å². The van der Waals surface area contributed by atoms with Gasteiger partial charge in [-0.2, -0.15) is 0 Å². The highest BCUT2D eigenvalue weighted by atomic mass is 16.3. The lowest BCUT2D eigenvalue weighted by molar-refractivity contribution is 0.0929. The van der Waals surface area contributed by atoms with Gasteiger partial charge < -0.3 is 10.4 Å². The van der Waals surface area contributed by atoms with Crippen molar-refractivity contribution in [2.24, 2.45) is 0 Å². The Morgan fingerprint density at radius 2 is 1.78 bits per heavy atom. The summed E-state index contributed by atoms with van der Waals surface area (Å²) in [5.41, 5.74) is 3.54. The summed E-state index contributed by atoms with van der Waals surface area (Å²) < 4.78 is 0. The first kappa shape index (κ1) is 15.4. The van der Waals surface area contributed by atoms with E-state index in [9.17, 15) is 9.59 Å². The third-order valence-electron chi connectivity index (χ3n) is 4.29. The quantitative estimate of drug-likeness (QED) is 0.761. The highest BCUT2D eigenvalue weighted by Crippen LogP contribution is 2.36. The van der Waals surface area contributed by atoms with Crippen molar-refractivity contribution in [1.29, 1.82) is 0 Å². The number of ketones is 1. The van der Waals surface area contributed by atoms with E-state index in [0.717, 1.165) is 17.5 Å². The van der Waals surface area contributed by atoms with Crippen molar-refractivity contribution in [2.45, 2.75) is 25.8 Å². The van der Waals surface area contributed by atoms with Crippen LogP contribution in [0.2, 0.25) is 0 Å². The van der Waals surface area contributed by atoms with Crippen LogP contribution in [0.5, 0.6) is 0 Å². The van der Waals surface area contributed by atoms with Gasteiger partial charge in [0.15, 0.2) is 5.78 Å². The smallest absolute Gasteiger partial charge is 0.251 e. The summed E-state index contributed by atoms with van der Waals surface area (Å²) in [4.78, 5) is 24.8. The first-order chi connectivity index (χ1) is 11.2. The van der Waals surface area contributed by atoms with Crippen molar-refractivity contribution in [3.05, 3.63) is 59.2 Å². The molecule has 2 aromatic carbocycles. The molecule has 0 saturated carbocycles. The van der Waals surface area contributed by atoms with Gasteiger partial charge in [-0.1, -0.05) is 37.3 Å². The summed E-state index contributed by atoms with van der Waals surface area (Å²) in [5, 5.41) is 11.9. The Bertz CT molecular complexity index is 767. The third-order valence-corrected chi connectivity index (χ3v) is 4.29. The first-order valence-electron chi connectivity index (χ1n) is 7.85. The topological polar surface area (TPSA) is 66.4 Å². The lowest BCUT2D eigenvalue weighted by Crippen LogP contribution is -2.35. The Kier molecular flexibility index (Phi) is 4.26. The number of benzene rings is 2. The van der Waals surface area contributed by atoms with Crippen LogP contribution >= 0.6 is 0 Å². The first-order valence-corrected chi connectivity index (χ1v) is 7.85. The summed E-state index contributed by atoms with van der Waals surface area (Å²) in [6.45, 7) is 2.00. The van der Waals surface area contributed by atoms with E-state index in [-0.39, 0.29) is 24.3 Å². The van der Waals surface area contributed by atoms with Crippen molar-refractivity contribution in [2.75, 3.05) is 6.61 Å². The molecule has 4 nitrogen and oxygen atoms in total. The summed E-state index contributed by atoms with van der Waals surface area (Å²) in [7, 11) is 0. The van der Waals surface area contributed by atoms with E-state index in [0.29, 0.717) is 23.1 Å². The Hall–Kier alpha value is -2.46. The van der Waals surface area contributed by atoms with E-state index >= 15 is 0 Å². The van der Waals surface area contributed by atoms with Crippen LogP contribution in [0.3, 0.4) is 0 Å². The minimum atomic E-state index is -0.211. The molecule has 0 spiro atoms.